The Kier molecular flexibility index (Phi) is 6.44. The van der Waals surface area contributed by atoms with E-state index in [1.807, 2.05) is 6.92 Å². The van der Waals surface area contributed by atoms with Gasteiger partial charge in [0.05, 0.1) is 17.0 Å². The highest BCUT2D eigenvalue weighted by molar-refractivity contribution is 7.90. The van der Waals surface area contributed by atoms with Gasteiger partial charge >= 0.3 is 5.97 Å². The van der Waals surface area contributed by atoms with Gasteiger partial charge in [0.2, 0.25) is 0 Å². The van der Waals surface area contributed by atoms with Crippen LogP contribution in [0.25, 0.3) is 10.9 Å². The van der Waals surface area contributed by atoms with Crippen LogP contribution in [0, 0.1) is 18.6 Å². The lowest BCUT2D eigenvalue weighted by molar-refractivity contribution is -0.155. The number of benzene rings is 2. The van der Waals surface area contributed by atoms with E-state index < -0.39 is 33.2 Å². The monoisotopic (exact) mass is 464 g/mol. The first-order valence-corrected chi connectivity index (χ1v) is 11.5. The Morgan fingerprint density at radius 1 is 1.16 bits per heavy atom. The average molecular weight is 465 g/mol. The second kappa shape index (κ2) is 8.63. The van der Waals surface area contributed by atoms with Crippen molar-refractivity contribution >= 4 is 26.9 Å². The van der Waals surface area contributed by atoms with Crippen LogP contribution < -0.4 is 0 Å². The molecular weight excluding hydrogens is 438 g/mol. The van der Waals surface area contributed by atoms with Crippen molar-refractivity contribution in [1.82, 2.24) is 8.87 Å². The minimum atomic E-state index is -4.10. The summed E-state index contributed by atoms with van der Waals surface area (Å²) in [6, 6.07) is 8.39. The number of carbonyl (C=O) groups excluding carboxylic acids is 1. The van der Waals surface area contributed by atoms with Crippen LogP contribution in [-0.4, -0.2) is 49.5 Å². The molecule has 1 aromatic heterocycles. The van der Waals surface area contributed by atoms with E-state index in [2.05, 4.69) is 0 Å². The number of likely N-dealkylation sites (N-methyl/N-ethyl adjacent to an activating group) is 1. The van der Waals surface area contributed by atoms with E-state index in [-0.39, 0.29) is 34.4 Å². The molecule has 3 aromatic rings. The molecule has 0 amide bonds. The number of hydrogen-bond donors (Lipinski definition) is 0. The van der Waals surface area contributed by atoms with Gasteiger partial charge in [0, 0.05) is 18.0 Å². The summed E-state index contributed by atoms with van der Waals surface area (Å²) < 4.78 is 61.9. The maximum absolute atomic E-state index is 14.6. The van der Waals surface area contributed by atoms with Crippen molar-refractivity contribution in [2.45, 2.75) is 37.6 Å². The Morgan fingerprint density at radius 2 is 1.78 bits per heavy atom. The van der Waals surface area contributed by atoms with Gasteiger partial charge in [-0.05, 0) is 64.7 Å². The first-order valence-electron chi connectivity index (χ1n) is 10.1. The molecule has 0 bridgehead atoms. The molecule has 6 nitrogen and oxygen atoms in total. The molecule has 0 aliphatic heterocycles. The predicted octanol–water partition coefficient (Wildman–Crippen LogP) is 3.89. The lowest BCUT2D eigenvalue weighted by Crippen LogP contribution is -2.51. The van der Waals surface area contributed by atoms with Crippen molar-refractivity contribution in [3.8, 4) is 0 Å². The van der Waals surface area contributed by atoms with Crippen molar-refractivity contribution < 1.29 is 26.7 Å². The first-order chi connectivity index (χ1) is 14.9. The quantitative estimate of drug-likeness (QED) is 0.496. The van der Waals surface area contributed by atoms with E-state index in [1.165, 1.54) is 24.4 Å². The summed E-state index contributed by atoms with van der Waals surface area (Å²) in [5, 5.41) is -0.180. The summed E-state index contributed by atoms with van der Waals surface area (Å²) in [4.78, 5) is 14.3. The molecule has 0 saturated carbocycles. The van der Waals surface area contributed by atoms with Crippen LogP contribution in [0.5, 0.6) is 0 Å². The summed E-state index contributed by atoms with van der Waals surface area (Å²) in [6.45, 7) is 5.26. The summed E-state index contributed by atoms with van der Waals surface area (Å²) in [6.07, 6.45) is 1.10. The number of rotatable bonds is 7. The molecule has 0 spiro atoms. The lowest BCUT2D eigenvalue weighted by atomic mass is 9.90. The standard InChI is InChI=1S/C23H26F2N2O4S/c1-6-31-22(28)23(3,26(4)5)14-16-13-19(24)20(25)18-11-12-27(21(16)18)32(29,30)17-9-7-15(2)8-10-17/h7-13H,6,14H2,1-5H3. The van der Waals surface area contributed by atoms with Gasteiger partial charge in [-0.2, -0.15) is 0 Å². The summed E-state index contributed by atoms with van der Waals surface area (Å²) in [7, 11) is -0.774. The molecule has 0 aliphatic rings. The molecule has 3 rings (SSSR count). The van der Waals surface area contributed by atoms with Gasteiger partial charge in [0.25, 0.3) is 10.0 Å². The molecule has 1 unspecified atom stereocenters. The number of carbonyl (C=O) groups is 1. The maximum atomic E-state index is 14.6. The van der Waals surface area contributed by atoms with Crippen LogP contribution in [0.1, 0.15) is 25.0 Å². The second-order valence-corrected chi connectivity index (χ2v) is 9.90. The van der Waals surface area contributed by atoms with Gasteiger partial charge in [-0.15, -0.1) is 0 Å². The predicted molar refractivity (Wildman–Crippen MR) is 118 cm³/mol. The third-order valence-electron chi connectivity index (χ3n) is 5.72. The number of esters is 1. The Bertz CT molecular complexity index is 1270. The van der Waals surface area contributed by atoms with Crippen LogP contribution in [0.3, 0.4) is 0 Å². The van der Waals surface area contributed by atoms with Gasteiger partial charge in [-0.1, -0.05) is 17.7 Å². The molecule has 0 radical (unpaired) electrons. The highest BCUT2D eigenvalue weighted by Gasteiger charge is 2.39. The molecule has 0 fully saturated rings. The van der Waals surface area contributed by atoms with Crippen LogP contribution in [0.15, 0.2) is 47.5 Å². The van der Waals surface area contributed by atoms with E-state index in [0.717, 1.165) is 15.6 Å². The smallest absolute Gasteiger partial charge is 0.326 e. The number of halogens is 2. The van der Waals surface area contributed by atoms with Crippen molar-refractivity contribution in [3.05, 3.63) is 65.4 Å². The van der Waals surface area contributed by atoms with Gasteiger partial charge < -0.3 is 4.74 Å². The lowest BCUT2D eigenvalue weighted by Gasteiger charge is -2.34. The molecule has 0 aliphatic carbocycles. The number of ether oxygens (including phenoxy) is 1. The van der Waals surface area contributed by atoms with Gasteiger partial charge in [0.1, 0.15) is 5.54 Å². The van der Waals surface area contributed by atoms with Crippen LogP contribution in [0.2, 0.25) is 0 Å². The Balaban J connectivity index is 2.26. The zero-order chi connectivity index (χ0) is 23.8. The zero-order valence-corrected chi connectivity index (χ0v) is 19.5. The van der Waals surface area contributed by atoms with E-state index in [0.29, 0.717) is 0 Å². The summed E-state index contributed by atoms with van der Waals surface area (Å²) in [5.74, 6) is -2.82. The number of hydrogen-bond acceptors (Lipinski definition) is 5. The topological polar surface area (TPSA) is 68.6 Å². The third-order valence-corrected chi connectivity index (χ3v) is 7.41. The third kappa shape index (κ3) is 4.02. The van der Waals surface area contributed by atoms with E-state index in [9.17, 15) is 22.0 Å². The van der Waals surface area contributed by atoms with Crippen LogP contribution in [-0.2, 0) is 26.0 Å². The fraction of sp³-hybridized carbons (Fsp3) is 0.348. The Labute approximate surface area is 186 Å². The maximum Gasteiger partial charge on any atom is 0.326 e. The summed E-state index contributed by atoms with van der Waals surface area (Å²) >= 11 is 0. The summed E-state index contributed by atoms with van der Waals surface area (Å²) in [5.41, 5.74) is -0.201. The SMILES string of the molecule is CCOC(=O)C(C)(Cc1cc(F)c(F)c2ccn(S(=O)(=O)c3ccc(C)cc3)c12)N(C)C. The number of aromatic nitrogens is 1. The van der Waals surface area contributed by atoms with Crippen LogP contribution >= 0.6 is 0 Å². The van der Waals surface area contributed by atoms with Crippen molar-refractivity contribution in [1.29, 1.82) is 0 Å². The largest absolute Gasteiger partial charge is 0.465 e. The number of fused-ring (bicyclic) bond motifs is 1. The molecule has 1 heterocycles. The minimum absolute atomic E-state index is 0.0112. The number of nitrogens with zero attached hydrogens (tertiary/aromatic N) is 2. The van der Waals surface area contributed by atoms with E-state index in [1.54, 1.807) is 45.0 Å². The Morgan fingerprint density at radius 3 is 2.34 bits per heavy atom. The van der Waals surface area contributed by atoms with Gasteiger partial charge in [-0.3, -0.25) is 9.69 Å². The van der Waals surface area contributed by atoms with E-state index in [4.69, 9.17) is 4.74 Å². The second-order valence-electron chi connectivity index (χ2n) is 8.09. The molecule has 0 N–H and O–H groups in total. The van der Waals surface area contributed by atoms with Gasteiger partial charge in [0.15, 0.2) is 11.6 Å². The van der Waals surface area contributed by atoms with Crippen LogP contribution in [0.4, 0.5) is 8.78 Å². The average Bonchev–Trinajstić information content (AvgIpc) is 3.18. The molecule has 0 saturated heterocycles. The molecule has 9 heteroatoms. The molecule has 32 heavy (non-hydrogen) atoms. The molecule has 172 valence electrons. The zero-order valence-electron chi connectivity index (χ0n) is 18.6. The fourth-order valence-electron chi connectivity index (χ4n) is 3.55. The normalized spacial score (nSPS) is 14.0. The molecule has 1 atom stereocenters. The minimum Gasteiger partial charge on any atom is -0.465 e. The highest BCUT2D eigenvalue weighted by Crippen LogP contribution is 2.32. The van der Waals surface area contributed by atoms with Crippen molar-refractivity contribution in [3.63, 3.8) is 0 Å². The number of aryl methyl sites for hydroxylation is 1. The van der Waals surface area contributed by atoms with E-state index >= 15 is 0 Å². The molecule has 2 aromatic carbocycles. The highest BCUT2D eigenvalue weighted by atomic mass is 32.2. The molecular formula is C23H26F2N2O4S. The van der Waals surface area contributed by atoms with Crippen molar-refractivity contribution in [2.75, 3.05) is 20.7 Å². The first kappa shape index (κ1) is 23.9. The van der Waals surface area contributed by atoms with Gasteiger partial charge in [-0.25, -0.2) is 21.2 Å². The Hall–Kier alpha value is -2.78. The fourth-order valence-corrected chi connectivity index (χ4v) is 4.93. The van der Waals surface area contributed by atoms with Crippen molar-refractivity contribution in [2.24, 2.45) is 0 Å².